The molecule has 0 amide bonds. The third-order valence-corrected chi connectivity index (χ3v) is 5.45. The highest BCUT2D eigenvalue weighted by Gasteiger charge is 2.16. The van der Waals surface area contributed by atoms with Gasteiger partial charge in [-0.1, -0.05) is 29.8 Å². The van der Waals surface area contributed by atoms with Gasteiger partial charge in [0.05, 0.1) is 5.52 Å². The Morgan fingerprint density at radius 3 is 2.37 bits per heavy atom. The number of aryl methyl sites for hydroxylation is 2. The van der Waals surface area contributed by atoms with Crippen LogP contribution >= 0.6 is 0 Å². The van der Waals surface area contributed by atoms with Crippen molar-refractivity contribution in [2.24, 2.45) is 0 Å². The Bertz CT molecular complexity index is 934. The Kier molecular flexibility index (Phi) is 5.30. The number of hydrogen-bond acceptors (Lipinski definition) is 4. The van der Waals surface area contributed by atoms with Crippen LogP contribution in [0.15, 0.2) is 57.7 Å². The molecule has 1 aliphatic rings. The number of fused-ring (bicyclic) bond motifs is 1. The second-order valence-corrected chi connectivity index (χ2v) is 7.36. The molecule has 3 aromatic rings. The van der Waals surface area contributed by atoms with E-state index < -0.39 is 0 Å². The molecule has 142 valence electrons. The van der Waals surface area contributed by atoms with E-state index in [4.69, 9.17) is 4.42 Å². The van der Waals surface area contributed by atoms with Crippen LogP contribution < -0.4 is 10.7 Å². The fourth-order valence-electron chi connectivity index (χ4n) is 3.82. The summed E-state index contributed by atoms with van der Waals surface area (Å²) in [6.45, 7) is 8.29. The molecule has 0 N–H and O–H groups in total. The summed E-state index contributed by atoms with van der Waals surface area (Å²) in [5.74, 6) is -0.247. The fraction of sp³-hybridized carbons (Fsp3) is 0.409. The zero-order valence-corrected chi connectivity index (χ0v) is 15.9. The minimum Gasteiger partial charge on any atom is -0.408 e. The maximum absolute atomic E-state index is 12.0. The van der Waals surface area contributed by atoms with Gasteiger partial charge in [-0.3, -0.25) is 9.47 Å². The van der Waals surface area contributed by atoms with Crippen molar-refractivity contribution >= 4 is 16.8 Å². The number of rotatable bonds is 6. The van der Waals surface area contributed by atoms with Crippen LogP contribution in [0.25, 0.3) is 11.1 Å². The first-order chi connectivity index (χ1) is 13.2. The van der Waals surface area contributed by atoms with Crippen LogP contribution in [0.4, 0.5) is 5.69 Å². The molecule has 2 heterocycles. The lowest BCUT2D eigenvalue weighted by molar-refractivity contribution is 0.251. The van der Waals surface area contributed by atoms with Gasteiger partial charge in [0.2, 0.25) is 0 Å². The van der Waals surface area contributed by atoms with E-state index in [1.807, 2.05) is 24.3 Å². The van der Waals surface area contributed by atoms with Crippen molar-refractivity contribution in [3.63, 3.8) is 0 Å². The first-order valence-electron chi connectivity index (χ1n) is 9.83. The number of para-hydroxylation sites is 2. The number of piperazine rings is 1. The number of benzene rings is 2. The minimum absolute atomic E-state index is 0.247. The Balaban J connectivity index is 1.23. The summed E-state index contributed by atoms with van der Waals surface area (Å²) in [7, 11) is 0. The molecule has 27 heavy (non-hydrogen) atoms. The van der Waals surface area contributed by atoms with E-state index >= 15 is 0 Å². The van der Waals surface area contributed by atoms with Crippen molar-refractivity contribution in [3.8, 4) is 0 Å². The summed E-state index contributed by atoms with van der Waals surface area (Å²) in [6.07, 6.45) is 2.08. The van der Waals surface area contributed by atoms with Gasteiger partial charge in [-0.25, -0.2) is 4.79 Å². The zero-order chi connectivity index (χ0) is 18.6. The van der Waals surface area contributed by atoms with Crippen molar-refractivity contribution in [1.82, 2.24) is 9.47 Å². The smallest absolute Gasteiger partial charge is 0.408 e. The molecule has 5 nitrogen and oxygen atoms in total. The molecule has 1 fully saturated rings. The number of anilines is 1. The molecule has 1 aliphatic heterocycles. The lowest BCUT2D eigenvalue weighted by atomic mass is 10.2. The van der Waals surface area contributed by atoms with E-state index in [0.29, 0.717) is 5.58 Å². The van der Waals surface area contributed by atoms with Crippen LogP contribution in [0.2, 0.25) is 0 Å². The quantitative estimate of drug-likeness (QED) is 0.627. The zero-order valence-electron chi connectivity index (χ0n) is 15.9. The molecule has 0 radical (unpaired) electrons. The molecule has 0 spiro atoms. The van der Waals surface area contributed by atoms with Crippen LogP contribution in [-0.4, -0.2) is 42.2 Å². The van der Waals surface area contributed by atoms with Crippen molar-refractivity contribution in [2.45, 2.75) is 26.3 Å². The van der Waals surface area contributed by atoms with Crippen molar-refractivity contribution < 1.29 is 4.42 Å². The Labute approximate surface area is 159 Å². The first-order valence-corrected chi connectivity index (χ1v) is 9.83. The summed E-state index contributed by atoms with van der Waals surface area (Å²) in [4.78, 5) is 17.0. The van der Waals surface area contributed by atoms with Gasteiger partial charge < -0.3 is 9.32 Å². The summed E-state index contributed by atoms with van der Waals surface area (Å²) in [5, 5.41) is 0. The molecule has 0 saturated carbocycles. The van der Waals surface area contributed by atoms with Crippen LogP contribution in [-0.2, 0) is 6.54 Å². The predicted octanol–water partition coefficient (Wildman–Crippen LogP) is 3.51. The largest absolute Gasteiger partial charge is 0.419 e. The SMILES string of the molecule is Cc1ccc(N2CCN(CCCCn3c(=O)oc4ccccc43)CC2)cc1. The molecule has 0 aliphatic carbocycles. The average Bonchev–Trinajstić information content (AvgIpc) is 3.02. The topological polar surface area (TPSA) is 41.6 Å². The van der Waals surface area contributed by atoms with Crippen LogP contribution in [0.1, 0.15) is 18.4 Å². The van der Waals surface area contributed by atoms with Crippen LogP contribution in [0.3, 0.4) is 0 Å². The molecule has 4 rings (SSSR count). The normalized spacial score (nSPS) is 15.5. The summed E-state index contributed by atoms with van der Waals surface area (Å²) >= 11 is 0. The molecular formula is C22H27N3O2. The molecule has 2 aromatic carbocycles. The van der Waals surface area contributed by atoms with E-state index in [2.05, 4.69) is 41.0 Å². The molecule has 0 bridgehead atoms. The fourth-order valence-corrected chi connectivity index (χ4v) is 3.82. The number of aromatic nitrogens is 1. The van der Waals surface area contributed by atoms with Crippen molar-refractivity contribution in [3.05, 3.63) is 64.6 Å². The second-order valence-electron chi connectivity index (χ2n) is 7.36. The van der Waals surface area contributed by atoms with Crippen LogP contribution in [0.5, 0.6) is 0 Å². The molecular weight excluding hydrogens is 338 g/mol. The lowest BCUT2D eigenvalue weighted by Crippen LogP contribution is -2.46. The summed E-state index contributed by atoms with van der Waals surface area (Å²) in [5.41, 5.74) is 4.21. The minimum atomic E-state index is -0.247. The van der Waals surface area contributed by atoms with E-state index in [9.17, 15) is 4.79 Å². The summed E-state index contributed by atoms with van der Waals surface area (Å²) in [6, 6.07) is 16.4. The van der Waals surface area contributed by atoms with E-state index in [1.165, 1.54) is 11.3 Å². The van der Waals surface area contributed by atoms with Crippen molar-refractivity contribution in [1.29, 1.82) is 0 Å². The molecule has 5 heteroatoms. The van der Waals surface area contributed by atoms with Gasteiger partial charge in [-0.15, -0.1) is 0 Å². The van der Waals surface area contributed by atoms with E-state index in [-0.39, 0.29) is 5.76 Å². The van der Waals surface area contributed by atoms with E-state index in [1.54, 1.807) is 4.57 Å². The van der Waals surface area contributed by atoms with Gasteiger partial charge in [0.1, 0.15) is 0 Å². The highest BCUT2D eigenvalue weighted by molar-refractivity contribution is 5.72. The third kappa shape index (κ3) is 4.08. The number of nitrogens with zero attached hydrogens (tertiary/aromatic N) is 3. The number of hydrogen-bond donors (Lipinski definition) is 0. The van der Waals surface area contributed by atoms with Crippen LogP contribution in [0, 0.1) is 6.92 Å². The van der Waals surface area contributed by atoms with Crippen molar-refractivity contribution in [2.75, 3.05) is 37.6 Å². The molecule has 1 saturated heterocycles. The number of oxazole rings is 1. The molecule has 0 atom stereocenters. The van der Waals surface area contributed by atoms with Gasteiger partial charge in [0.25, 0.3) is 0 Å². The molecule has 1 aromatic heterocycles. The number of unbranched alkanes of at least 4 members (excludes halogenated alkanes) is 1. The maximum atomic E-state index is 12.0. The molecule has 0 unspecified atom stereocenters. The Morgan fingerprint density at radius 1 is 0.889 bits per heavy atom. The average molecular weight is 365 g/mol. The van der Waals surface area contributed by atoms with Gasteiger partial charge in [0, 0.05) is 38.4 Å². The van der Waals surface area contributed by atoms with Gasteiger partial charge >= 0.3 is 5.76 Å². The van der Waals surface area contributed by atoms with Gasteiger partial charge in [-0.2, -0.15) is 0 Å². The maximum Gasteiger partial charge on any atom is 0.419 e. The third-order valence-electron chi connectivity index (χ3n) is 5.45. The Hall–Kier alpha value is -2.53. The Morgan fingerprint density at radius 2 is 1.59 bits per heavy atom. The monoisotopic (exact) mass is 365 g/mol. The van der Waals surface area contributed by atoms with Gasteiger partial charge in [-0.05, 0) is 50.6 Å². The highest BCUT2D eigenvalue weighted by Crippen LogP contribution is 2.17. The van der Waals surface area contributed by atoms with E-state index in [0.717, 1.165) is 57.6 Å². The second kappa shape index (κ2) is 8.01. The lowest BCUT2D eigenvalue weighted by Gasteiger charge is -2.36. The first kappa shape index (κ1) is 17.9. The summed E-state index contributed by atoms with van der Waals surface area (Å²) < 4.78 is 7.05. The predicted molar refractivity (Wildman–Crippen MR) is 110 cm³/mol. The standard InChI is InChI=1S/C22H27N3O2/c1-18-8-10-19(11-9-18)24-16-14-23(15-17-24)12-4-5-13-25-20-6-2-3-7-21(20)27-22(25)26/h2-3,6-11H,4-5,12-17H2,1H3. The highest BCUT2D eigenvalue weighted by atomic mass is 16.4. The van der Waals surface area contributed by atoms with Gasteiger partial charge in [0.15, 0.2) is 5.58 Å².